The number of hydrogen-bond acceptors (Lipinski definition) is 4. The number of anilines is 3. The molecule has 1 fully saturated rings. The molecular formula is C34H40F4N4O2. The Labute approximate surface area is 256 Å². The SMILES string of the molecule is CC(C)(C)CN1CCC(NC(=O)Nc2ccccc2N2CC(C)(C)c3c(-c4ccc(C(F)(F)F)cc4)c(F)cc(O)c32)CC1. The van der Waals surface area contributed by atoms with E-state index < -0.39 is 23.0 Å². The highest BCUT2D eigenvalue weighted by atomic mass is 19.4. The zero-order chi connectivity index (χ0) is 32.0. The van der Waals surface area contributed by atoms with Crippen LogP contribution in [0.2, 0.25) is 0 Å². The van der Waals surface area contributed by atoms with Gasteiger partial charge in [0.2, 0.25) is 0 Å². The average molecular weight is 613 g/mol. The lowest BCUT2D eigenvalue weighted by Gasteiger charge is -2.36. The number of hydrogen-bond donors (Lipinski definition) is 3. The lowest BCUT2D eigenvalue weighted by atomic mass is 9.81. The summed E-state index contributed by atoms with van der Waals surface area (Å²) in [5.41, 5.74) is 1.05. The number of benzene rings is 3. The molecular weight excluding hydrogens is 572 g/mol. The number of carbonyl (C=O) groups excluding carboxylic acids is 1. The highest BCUT2D eigenvalue weighted by Crippen LogP contribution is 2.54. The van der Waals surface area contributed by atoms with Crippen molar-refractivity contribution in [3.63, 3.8) is 0 Å². The van der Waals surface area contributed by atoms with Gasteiger partial charge in [0, 0.05) is 49.3 Å². The third-order valence-electron chi connectivity index (χ3n) is 8.30. The van der Waals surface area contributed by atoms with Crippen molar-refractivity contribution in [2.75, 3.05) is 36.4 Å². The Morgan fingerprint density at radius 1 is 1.02 bits per heavy atom. The van der Waals surface area contributed by atoms with Gasteiger partial charge in [-0.15, -0.1) is 0 Å². The third-order valence-corrected chi connectivity index (χ3v) is 8.30. The van der Waals surface area contributed by atoms with Crippen LogP contribution in [0.15, 0.2) is 54.6 Å². The molecule has 3 aromatic carbocycles. The van der Waals surface area contributed by atoms with E-state index in [-0.39, 0.29) is 34.4 Å². The molecule has 2 aliphatic heterocycles. The molecule has 3 N–H and O–H groups in total. The minimum atomic E-state index is -4.52. The number of carbonyl (C=O) groups is 1. The van der Waals surface area contributed by atoms with Crippen molar-refractivity contribution in [3.8, 4) is 16.9 Å². The number of para-hydroxylation sites is 2. The molecule has 2 amide bonds. The largest absolute Gasteiger partial charge is 0.506 e. The fourth-order valence-corrected chi connectivity index (χ4v) is 6.49. The summed E-state index contributed by atoms with van der Waals surface area (Å²) in [6.07, 6.45) is -2.81. The maximum Gasteiger partial charge on any atom is 0.416 e. The number of likely N-dealkylation sites (tertiary alicyclic amines) is 1. The normalized spacial score (nSPS) is 17.4. The van der Waals surface area contributed by atoms with Crippen LogP contribution in [0, 0.1) is 11.2 Å². The fourth-order valence-electron chi connectivity index (χ4n) is 6.49. The van der Waals surface area contributed by atoms with E-state index in [2.05, 4.69) is 36.3 Å². The maximum absolute atomic E-state index is 15.5. The number of urea groups is 1. The second-order valence-corrected chi connectivity index (χ2v) is 13.7. The van der Waals surface area contributed by atoms with Crippen molar-refractivity contribution in [1.29, 1.82) is 0 Å². The van der Waals surface area contributed by atoms with Gasteiger partial charge >= 0.3 is 12.2 Å². The van der Waals surface area contributed by atoms with Crippen molar-refractivity contribution in [2.24, 2.45) is 5.41 Å². The van der Waals surface area contributed by atoms with Gasteiger partial charge in [0.05, 0.1) is 22.6 Å². The van der Waals surface area contributed by atoms with Crippen LogP contribution in [-0.2, 0) is 11.6 Å². The molecule has 44 heavy (non-hydrogen) atoms. The summed E-state index contributed by atoms with van der Waals surface area (Å²) in [4.78, 5) is 17.4. The van der Waals surface area contributed by atoms with Crippen LogP contribution in [-0.4, -0.2) is 48.3 Å². The maximum atomic E-state index is 15.5. The second-order valence-electron chi connectivity index (χ2n) is 13.7. The average Bonchev–Trinajstić information content (AvgIpc) is 3.20. The smallest absolute Gasteiger partial charge is 0.416 e. The Hall–Kier alpha value is -3.79. The number of phenolic OH excluding ortho intramolecular Hbond substituents is 1. The van der Waals surface area contributed by atoms with Crippen LogP contribution in [0.3, 0.4) is 0 Å². The van der Waals surface area contributed by atoms with E-state index >= 15 is 4.39 Å². The van der Waals surface area contributed by atoms with Crippen LogP contribution in [0.4, 0.5) is 39.4 Å². The summed E-state index contributed by atoms with van der Waals surface area (Å²) in [6, 6.07) is 12.3. The van der Waals surface area contributed by atoms with Gasteiger partial charge in [0.1, 0.15) is 11.6 Å². The Morgan fingerprint density at radius 3 is 2.27 bits per heavy atom. The first-order valence-corrected chi connectivity index (χ1v) is 14.9. The number of halogens is 4. The summed E-state index contributed by atoms with van der Waals surface area (Å²) < 4.78 is 55.2. The Bertz CT molecular complexity index is 1520. The highest BCUT2D eigenvalue weighted by Gasteiger charge is 2.42. The van der Waals surface area contributed by atoms with E-state index in [1.165, 1.54) is 12.1 Å². The summed E-state index contributed by atoms with van der Waals surface area (Å²) in [6.45, 7) is 13.6. The number of phenols is 1. The monoisotopic (exact) mass is 612 g/mol. The highest BCUT2D eigenvalue weighted by molar-refractivity contribution is 5.96. The number of nitrogens with zero attached hydrogens (tertiary/aromatic N) is 2. The standard InChI is InChI=1S/C34H40F4N4O2/c1-32(2,3)19-41-16-14-23(15-17-41)39-31(44)40-25-8-6-7-9-26(25)42-20-33(4,5)29-28(24(35)18-27(43)30(29)42)21-10-12-22(13-11-21)34(36,37)38/h6-13,18,23,43H,14-17,19-20H2,1-5H3,(H2,39,40,44). The third kappa shape index (κ3) is 6.65. The van der Waals surface area contributed by atoms with Gasteiger partial charge in [0.25, 0.3) is 0 Å². The second kappa shape index (κ2) is 11.6. The molecule has 0 atom stereocenters. The number of piperidine rings is 1. The number of aromatic hydroxyl groups is 1. The number of amides is 2. The van der Waals surface area contributed by atoms with Gasteiger partial charge < -0.3 is 25.5 Å². The number of fused-ring (bicyclic) bond motifs is 1. The van der Waals surface area contributed by atoms with Crippen molar-refractivity contribution in [2.45, 2.75) is 65.1 Å². The van der Waals surface area contributed by atoms with Gasteiger partial charge in [-0.3, -0.25) is 0 Å². The number of alkyl halides is 3. The molecule has 236 valence electrons. The zero-order valence-electron chi connectivity index (χ0n) is 25.8. The first-order valence-electron chi connectivity index (χ1n) is 14.9. The molecule has 0 radical (unpaired) electrons. The topological polar surface area (TPSA) is 67.8 Å². The van der Waals surface area contributed by atoms with E-state index in [1.807, 2.05) is 30.9 Å². The van der Waals surface area contributed by atoms with Crippen molar-refractivity contribution < 1.29 is 27.5 Å². The summed E-state index contributed by atoms with van der Waals surface area (Å²) in [5.74, 6) is -1.02. The van der Waals surface area contributed by atoms with Gasteiger partial charge in [0.15, 0.2) is 0 Å². The Morgan fingerprint density at radius 2 is 1.66 bits per heavy atom. The lowest BCUT2D eigenvalue weighted by Crippen LogP contribution is -2.47. The molecule has 10 heteroatoms. The van der Waals surface area contributed by atoms with E-state index in [0.717, 1.165) is 50.7 Å². The molecule has 6 nitrogen and oxygen atoms in total. The molecule has 0 aromatic heterocycles. The van der Waals surface area contributed by atoms with Crippen molar-refractivity contribution >= 4 is 23.1 Å². The first-order chi connectivity index (χ1) is 20.5. The van der Waals surface area contributed by atoms with Crippen LogP contribution < -0.4 is 15.5 Å². The van der Waals surface area contributed by atoms with Crippen LogP contribution >= 0.6 is 0 Å². The van der Waals surface area contributed by atoms with Crippen molar-refractivity contribution in [3.05, 3.63) is 71.5 Å². The van der Waals surface area contributed by atoms with E-state index in [0.29, 0.717) is 29.2 Å². The van der Waals surface area contributed by atoms with E-state index in [4.69, 9.17) is 0 Å². The summed E-state index contributed by atoms with van der Waals surface area (Å²) in [5, 5.41) is 17.1. The molecule has 5 rings (SSSR count). The predicted molar refractivity (Wildman–Crippen MR) is 166 cm³/mol. The zero-order valence-corrected chi connectivity index (χ0v) is 25.8. The fraction of sp³-hybridized carbons (Fsp3) is 0.441. The molecule has 0 bridgehead atoms. The molecule has 3 aromatic rings. The minimum Gasteiger partial charge on any atom is -0.506 e. The molecule has 0 saturated carbocycles. The predicted octanol–water partition coefficient (Wildman–Crippen LogP) is 8.28. The Balaban J connectivity index is 1.41. The summed E-state index contributed by atoms with van der Waals surface area (Å²) in [7, 11) is 0. The number of nitrogens with one attached hydrogen (secondary N) is 2. The molecule has 2 aliphatic rings. The van der Waals surface area contributed by atoms with Gasteiger partial charge in [-0.25, -0.2) is 9.18 Å². The van der Waals surface area contributed by atoms with Crippen LogP contribution in [0.1, 0.15) is 58.6 Å². The van der Waals surface area contributed by atoms with Gasteiger partial charge in [-0.2, -0.15) is 13.2 Å². The van der Waals surface area contributed by atoms with Gasteiger partial charge in [-0.1, -0.05) is 58.9 Å². The van der Waals surface area contributed by atoms with E-state index in [9.17, 15) is 23.1 Å². The lowest BCUT2D eigenvalue weighted by molar-refractivity contribution is -0.137. The van der Waals surface area contributed by atoms with E-state index in [1.54, 1.807) is 12.1 Å². The van der Waals surface area contributed by atoms with Gasteiger partial charge in [-0.05, 0) is 53.6 Å². The number of rotatable bonds is 5. The minimum absolute atomic E-state index is 0.0446. The molecule has 2 heterocycles. The summed E-state index contributed by atoms with van der Waals surface area (Å²) >= 11 is 0. The molecule has 1 saturated heterocycles. The van der Waals surface area contributed by atoms with Crippen LogP contribution in [0.5, 0.6) is 5.75 Å². The molecule has 0 spiro atoms. The molecule has 0 unspecified atom stereocenters. The first kappa shape index (κ1) is 31.6. The van der Waals surface area contributed by atoms with Crippen LogP contribution in [0.25, 0.3) is 11.1 Å². The Kier molecular flexibility index (Phi) is 8.35. The van der Waals surface area contributed by atoms with Crippen molar-refractivity contribution in [1.82, 2.24) is 10.2 Å². The quantitative estimate of drug-likeness (QED) is 0.254. The molecule has 0 aliphatic carbocycles.